The molecule has 0 unspecified atom stereocenters. The molecule has 7 nitrogen and oxygen atoms in total. The van der Waals surface area contributed by atoms with Gasteiger partial charge >= 0.3 is 17.8 Å². The Morgan fingerprint density at radius 3 is 2.32 bits per heavy atom. The van der Waals surface area contributed by atoms with Crippen LogP contribution >= 0.6 is 0 Å². The van der Waals surface area contributed by atoms with Crippen molar-refractivity contribution in [1.29, 1.82) is 5.26 Å². The number of amides is 4. The van der Waals surface area contributed by atoms with Crippen molar-refractivity contribution in [3.63, 3.8) is 0 Å². The molecule has 2 aromatic rings. The smallest absolute Gasteiger partial charge is 0.339 e. The summed E-state index contributed by atoms with van der Waals surface area (Å²) in [5, 5.41) is 9.13. The highest BCUT2D eigenvalue weighted by Crippen LogP contribution is 2.26. The standard InChI is InChI=1S/C18H13N3O4/c1-25-15-8-6-14(7-9-15)21-17(23)16(22)20(18(21)24)11-13-5-3-2-4-12(13)10-19/h2-9H,11H2,1H3. The molecule has 25 heavy (non-hydrogen) atoms. The molecule has 1 saturated heterocycles. The molecule has 1 heterocycles. The molecule has 0 aliphatic carbocycles. The predicted molar refractivity (Wildman–Crippen MR) is 87.6 cm³/mol. The first-order valence-electron chi connectivity index (χ1n) is 7.38. The Bertz CT molecular complexity index is 899. The summed E-state index contributed by atoms with van der Waals surface area (Å²) in [6, 6.07) is 14.1. The van der Waals surface area contributed by atoms with E-state index in [4.69, 9.17) is 10.00 Å². The summed E-state index contributed by atoms with van der Waals surface area (Å²) in [5.41, 5.74) is 1.12. The minimum absolute atomic E-state index is 0.139. The van der Waals surface area contributed by atoms with Crippen molar-refractivity contribution in [2.24, 2.45) is 0 Å². The van der Waals surface area contributed by atoms with E-state index in [2.05, 4.69) is 0 Å². The number of carbonyl (C=O) groups excluding carboxylic acids is 3. The Kier molecular flexibility index (Phi) is 4.18. The highest BCUT2D eigenvalue weighted by molar-refractivity contribution is 6.52. The zero-order valence-corrected chi connectivity index (χ0v) is 13.3. The third-order valence-electron chi connectivity index (χ3n) is 3.85. The van der Waals surface area contributed by atoms with E-state index >= 15 is 0 Å². The predicted octanol–water partition coefficient (Wildman–Crippen LogP) is 2.06. The molecule has 1 aliphatic heterocycles. The van der Waals surface area contributed by atoms with E-state index < -0.39 is 17.8 Å². The van der Waals surface area contributed by atoms with Crippen molar-refractivity contribution in [1.82, 2.24) is 4.90 Å². The normalized spacial score (nSPS) is 14.0. The fourth-order valence-corrected chi connectivity index (χ4v) is 2.54. The number of nitrogens with zero attached hydrogens (tertiary/aromatic N) is 3. The summed E-state index contributed by atoms with van der Waals surface area (Å²) in [6.07, 6.45) is 0. The number of methoxy groups -OCH3 is 1. The van der Waals surface area contributed by atoms with Gasteiger partial charge in [0.1, 0.15) is 5.75 Å². The van der Waals surface area contributed by atoms with Crippen LogP contribution in [0.1, 0.15) is 11.1 Å². The van der Waals surface area contributed by atoms with Crippen LogP contribution in [0.2, 0.25) is 0 Å². The molecule has 1 aliphatic rings. The first kappa shape index (κ1) is 16.2. The largest absolute Gasteiger partial charge is 0.497 e. The highest BCUT2D eigenvalue weighted by atomic mass is 16.5. The van der Waals surface area contributed by atoms with Gasteiger partial charge in [0.05, 0.1) is 31.0 Å². The topological polar surface area (TPSA) is 90.7 Å². The van der Waals surface area contributed by atoms with Crippen LogP contribution in [0.5, 0.6) is 5.75 Å². The van der Waals surface area contributed by atoms with Crippen molar-refractivity contribution in [2.45, 2.75) is 6.54 Å². The van der Waals surface area contributed by atoms with Gasteiger partial charge in [-0.2, -0.15) is 5.26 Å². The lowest BCUT2D eigenvalue weighted by Gasteiger charge is -2.16. The molecular formula is C18H13N3O4. The second kappa shape index (κ2) is 6.45. The molecule has 0 radical (unpaired) electrons. The molecule has 1 fully saturated rings. The molecule has 124 valence electrons. The van der Waals surface area contributed by atoms with Crippen LogP contribution in [-0.4, -0.2) is 29.9 Å². The van der Waals surface area contributed by atoms with Crippen molar-refractivity contribution in [2.75, 3.05) is 12.0 Å². The van der Waals surface area contributed by atoms with Gasteiger partial charge in [-0.15, -0.1) is 0 Å². The first-order valence-corrected chi connectivity index (χ1v) is 7.38. The molecule has 4 amide bonds. The first-order chi connectivity index (χ1) is 12.1. The average Bonchev–Trinajstić information content (AvgIpc) is 2.86. The lowest BCUT2D eigenvalue weighted by molar-refractivity contribution is -0.139. The molecule has 0 bridgehead atoms. The van der Waals surface area contributed by atoms with E-state index in [0.717, 1.165) is 9.80 Å². The number of hydrogen-bond donors (Lipinski definition) is 0. The number of urea groups is 1. The molecule has 7 heteroatoms. The molecule has 0 saturated carbocycles. The second-order valence-corrected chi connectivity index (χ2v) is 5.28. The SMILES string of the molecule is COc1ccc(N2C(=O)C(=O)N(Cc3ccccc3C#N)C2=O)cc1. The number of imide groups is 2. The fraction of sp³-hybridized carbons (Fsp3) is 0.111. The molecule has 0 spiro atoms. The lowest BCUT2D eigenvalue weighted by atomic mass is 10.1. The quantitative estimate of drug-likeness (QED) is 0.630. The van der Waals surface area contributed by atoms with Gasteiger partial charge in [-0.05, 0) is 35.9 Å². The van der Waals surface area contributed by atoms with E-state index in [9.17, 15) is 14.4 Å². The van der Waals surface area contributed by atoms with E-state index in [1.54, 1.807) is 36.4 Å². The minimum Gasteiger partial charge on any atom is -0.497 e. The van der Waals surface area contributed by atoms with Gasteiger partial charge in [0.25, 0.3) is 0 Å². The molecular weight excluding hydrogens is 322 g/mol. The number of ether oxygens (including phenoxy) is 1. The average molecular weight is 335 g/mol. The Labute approximate surface area is 143 Å². The fourth-order valence-electron chi connectivity index (χ4n) is 2.54. The van der Waals surface area contributed by atoms with Crippen LogP contribution in [-0.2, 0) is 16.1 Å². The molecule has 0 atom stereocenters. The Morgan fingerprint density at radius 1 is 1.00 bits per heavy atom. The summed E-state index contributed by atoms with van der Waals surface area (Å²) < 4.78 is 5.04. The monoisotopic (exact) mass is 335 g/mol. The highest BCUT2D eigenvalue weighted by Gasteiger charge is 2.45. The van der Waals surface area contributed by atoms with Gasteiger partial charge < -0.3 is 4.74 Å². The maximum absolute atomic E-state index is 12.6. The van der Waals surface area contributed by atoms with Crippen LogP contribution in [0.25, 0.3) is 0 Å². The number of anilines is 1. The van der Waals surface area contributed by atoms with Crippen molar-refractivity contribution < 1.29 is 19.1 Å². The van der Waals surface area contributed by atoms with E-state index in [-0.39, 0.29) is 12.2 Å². The van der Waals surface area contributed by atoms with E-state index in [1.807, 2.05) is 6.07 Å². The number of nitriles is 1. The van der Waals surface area contributed by atoms with Crippen LogP contribution in [0.3, 0.4) is 0 Å². The Balaban J connectivity index is 1.90. The van der Waals surface area contributed by atoms with E-state index in [1.165, 1.54) is 19.2 Å². The van der Waals surface area contributed by atoms with Crippen LogP contribution in [0.15, 0.2) is 48.5 Å². The molecule has 3 rings (SSSR count). The van der Waals surface area contributed by atoms with Gasteiger partial charge in [0, 0.05) is 0 Å². The third-order valence-corrected chi connectivity index (χ3v) is 3.85. The van der Waals surface area contributed by atoms with Gasteiger partial charge in [0.15, 0.2) is 0 Å². The Hall–Kier alpha value is -3.66. The number of benzene rings is 2. The summed E-state index contributed by atoms with van der Waals surface area (Å²) in [6.45, 7) is -0.139. The van der Waals surface area contributed by atoms with Gasteiger partial charge in [-0.3, -0.25) is 14.5 Å². The second-order valence-electron chi connectivity index (χ2n) is 5.28. The summed E-state index contributed by atoms with van der Waals surface area (Å²) in [4.78, 5) is 38.7. The zero-order chi connectivity index (χ0) is 18.0. The summed E-state index contributed by atoms with van der Waals surface area (Å²) in [5.74, 6) is -1.29. The number of hydrogen-bond acceptors (Lipinski definition) is 5. The van der Waals surface area contributed by atoms with Gasteiger partial charge in [-0.1, -0.05) is 18.2 Å². The summed E-state index contributed by atoms with van der Waals surface area (Å²) >= 11 is 0. The van der Waals surface area contributed by atoms with Crippen LogP contribution < -0.4 is 9.64 Å². The lowest BCUT2D eigenvalue weighted by Crippen LogP contribution is -2.33. The zero-order valence-electron chi connectivity index (χ0n) is 13.3. The van der Waals surface area contributed by atoms with Gasteiger partial charge in [-0.25, -0.2) is 9.69 Å². The van der Waals surface area contributed by atoms with E-state index in [0.29, 0.717) is 16.9 Å². The van der Waals surface area contributed by atoms with Crippen LogP contribution in [0.4, 0.5) is 10.5 Å². The third kappa shape index (κ3) is 2.81. The molecule has 0 N–H and O–H groups in total. The van der Waals surface area contributed by atoms with Crippen molar-refractivity contribution >= 4 is 23.5 Å². The van der Waals surface area contributed by atoms with Crippen LogP contribution in [0, 0.1) is 11.3 Å². The van der Waals surface area contributed by atoms with Crippen molar-refractivity contribution in [3.8, 4) is 11.8 Å². The number of rotatable bonds is 4. The maximum atomic E-state index is 12.6. The maximum Gasteiger partial charge on any atom is 0.339 e. The summed E-state index contributed by atoms with van der Waals surface area (Å²) in [7, 11) is 1.50. The minimum atomic E-state index is -0.926. The van der Waals surface area contributed by atoms with Gasteiger partial charge in [0.2, 0.25) is 0 Å². The van der Waals surface area contributed by atoms with Crippen molar-refractivity contribution in [3.05, 3.63) is 59.7 Å². The molecule has 0 aromatic heterocycles. The number of carbonyl (C=O) groups is 3. The molecule has 2 aromatic carbocycles. The Morgan fingerprint density at radius 2 is 1.68 bits per heavy atom.